The molecule has 6 heteroatoms. The molecule has 0 saturated heterocycles. The van der Waals surface area contributed by atoms with E-state index in [9.17, 15) is 9.90 Å². The van der Waals surface area contributed by atoms with Crippen LogP contribution in [0.1, 0.15) is 28.4 Å². The molecule has 4 nitrogen and oxygen atoms in total. The minimum absolute atomic E-state index is 0.121. The molecule has 2 aromatic rings. The summed E-state index contributed by atoms with van der Waals surface area (Å²) in [6.07, 6.45) is 1.40. The van der Waals surface area contributed by atoms with Crippen molar-refractivity contribution in [3.63, 3.8) is 0 Å². The number of ether oxygens (including phenoxy) is 1. The van der Waals surface area contributed by atoms with Gasteiger partial charge in [0.25, 0.3) is 0 Å². The summed E-state index contributed by atoms with van der Waals surface area (Å²) in [5.74, 6) is -0.568. The highest BCUT2D eigenvalue weighted by atomic mass is 35.5. The Morgan fingerprint density at radius 1 is 1.30 bits per heavy atom. The van der Waals surface area contributed by atoms with Gasteiger partial charge >= 0.3 is 5.97 Å². The lowest BCUT2D eigenvalue weighted by atomic mass is 10.1. The Labute approximate surface area is 144 Å². The molecule has 0 heterocycles. The normalized spacial score (nSPS) is 11.0. The first-order valence-corrected chi connectivity index (χ1v) is 7.67. The van der Waals surface area contributed by atoms with Crippen LogP contribution in [0.3, 0.4) is 0 Å². The van der Waals surface area contributed by atoms with E-state index >= 15 is 0 Å². The number of carbonyl (C=O) groups is 1. The number of hydrogen-bond donors (Lipinski definition) is 1. The summed E-state index contributed by atoms with van der Waals surface area (Å²) in [6, 6.07) is 8.22. The number of phenols is 1. The maximum atomic E-state index is 12.0. The average Bonchev–Trinajstić information content (AvgIpc) is 2.50. The molecule has 0 unspecified atom stereocenters. The first-order valence-electron chi connectivity index (χ1n) is 6.92. The van der Waals surface area contributed by atoms with E-state index in [1.165, 1.54) is 18.3 Å². The molecule has 0 radical (unpaired) electrons. The highest BCUT2D eigenvalue weighted by Gasteiger charge is 2.12. The minimum atomic E-state index is -0.448. The third kappa shape index (κ3) is 4.24. The number of benzene rings is 2. The van der Waals surface area contributed by atoms with E-state index in [1.807, 2.05) is 13.0 Å². The molecule has 0 amide bonds. The van der Waals surface area contributed by atoms with Gasteiger partial charge in [-0.15, -0.1) is 0 Å². The second kappa shape index (κ2) is 7.49. The highest BCUT2D eigenvalue weighted by molar-refractivity contribution is 6.36. The van der Waals surface area contributed by atoms with Gasteiger partial charge in [0.1, 0.15) is 5.75 Å². The topological polar surface area (TPSA) is 58.9 Å². The lowest BCUT2D eigenvalue weighted by Crippen LogP contribution is -2.05. The highest BCUT2D eigenvalue weighted by Crippen LogP contribution is 2.31. The summed E-state index contributed by atoms with van der Waals surface area (Å²) < 4.78 is 5.03. The van der Waals surface area contributed by atoms with E-state index in [-0.39, 0.29) is 17.4 Å². The van der Waals surface area contributed by atoms with E-state index in [4.69, 9.17) is 27.9 Å². The van der Waals surface area contributed by atoms with Gasteiger partial charge in [0.05, 0.1) is 22.9 Å². The molecule has 0 spiro atoms. The van der Waals surface area contributed by atoms with Crippen molar-refractivity contribution in [1.82, 2.24) is 0 Å². The largest absolute Gasteiger partial charge is 0.506 e. The zero-order valence-electron chi connectivity index (χ0n) is 12.6. The first kappa shape index (κ1) is 17.3. The molecule has 23 heavy (non-hydrogen) atoms. The van der Waals surface area contributed by atoms with Gasteiger partial charge < -0.3 is 9.84 Å². The molecular weight excluding hydrogens is 337 g/mol. The lowest BCUT2D eigenvalue weighted by molar-refractivity contribution is 0.0527. The van der Waals surface area contributed by atoms with Crippen LogP contribution in [0.4, 0.5) is 5.69 Å². The second-order valence-electron chi connectivity index (χ2n) is 4.82. The Kier molecular flexibility index (Phi) is 5.64. The number of aryl methyl sites for hydroxylation is 1. The van der Waals surface area contributed by atoms with Crippen LogP contribution in [0.2, 0.25) is 10.0 Å². The van der Waals surface area contributed by atoms with Gasteiger partial charge in [0, 0.05) is 16.8 Å². The van der Waals surface area contributed by atoms with Gasteiger partial charge in [-0.1, -0.05) is 34.8 Å². The predicted molar refractivity (Wildman–Crippen MR) is 92.5 cm³/mol. The van der Waals surface area contributed by atoms with Crippen LogP contribution in [-0.2, 0) is 4.74 Å². The van der Waals surface area contributed by atoms with Gasteiger partial charge in [-0.05, 0) is 38.1 Å². The van der Waals surface area contributed by atoms with Crippen molar-refractivity contribution in [2.45, 2.75) is 13.8 Å². The fraction of sp³-hybridized carbons (Fsp3) is 0.176. The van der Waals surface area contributed by atoms with Crippen LogP contribution < -0.4 is 0 Å². The monoisotopic (exact) mass is 351 g/mol. The molecule has 2 rings (SSSR count). The van der Waals surface area contributed by atoms with Crippen LogP contribution in [0.25, 0.3) is 0 Å². The number of aliphatic imine (C=N–C) groups is 1. The number of rotatable bonds is 4. The first-order chi connectivity index (χ1) is 10.9. The van der Waals surface area contributed by atoms with Crippen molar-refractivity contribution in [3.05, 3.63) is 57.1 Å². The number of carbonyl (C=O) groups excluding carboxylic acids is 1. The minimum Gasteiger partial charge on any atom is -0.506 e. The van der Waals surface area contributed by atoms with Gasteiger partial charge in [-0.25, -0.2) is 4.79 Å². The smallest absolute Gasteiger partial charge is 0.340 e. The standard InChI is InChI=1S/C17H15Cl2NO3/c1-3-23-17(22)13-6-10(2)4-5-15(13)20-9-11-7-12(18)8-14(19)16(11)21/h4-9,21H,3H2,1-2H3. The number of hydrogen-bond acceptors (Lipinski definition) is 4. The van der Waals surface area contributed by atoms with Gasteiger partial charge in [0.15, 0.2) is 0 Å². The lowest BCUT2D eigenvalue weighted by Gasteiger charge is -2.07. The molecule has 0 aliphatic rings. The zero-order chi connectivity index (χ0) is 17.0. The maximum absolute atomic E-state index is 12.0. The summed E-state index contributed by atoms with van der Waals surface area (Å²) >= 11 is 11.8. The Balaban J connectivity index is 2.42. The summed E-state index contributed by atoms with van der Waals surface area (Å²) in [4.78, 5) is 16.3. The fourth-order valence-corrected chi connectivity index (χ4v) is 2.47. The predicted octanol–water partition coefficient (Wildman–Crippen LogP) is 4.93. The molecule has 0 bridgehead atoms. The van der Waals surface area contributed by atoms with Crippen molar-refractivity contribution in [1.29, 1.82) is 0 Å². The van der Waals surface area contributed by atoms with Crippen molar-refractivity contribution in [2.75, 3.05) is 6.61 Å². The van der Waals surface area contributed by atoms with Crippen molar-refractivity contribution >= 4 is 41.1 Å². The molecule has 0 fully saturated rings. The van der Waals surface area contributed by atoms with E-state index < -0.39 is 5.97 Å². The Morgan fingerprint density at radius 2 is 2.04 bits per heavy atom. The molecule has 0 aliphatic heterocycles. The molecule has 1 N–H and O–H groups in total. The van der Waals surface area contributed by atoms with Crippen LogP contribution in [-0.4, -0.2) is 23.9 Å². The quantitative estimate of drug-likeness (QED) is 0.627. The van der Waals surface area contributed by atoms with Crippen LogP contribution in [0.15, 0.2) is 35.3 Å². The van der Waals surface area contributed by atoms with E-state index in [0.717, 1.165) is 5.56 Å². The Hall–Kier alpha value is -2.04. The number of phenolic OH excluding ortho intramolecular Hbond substituents is 1. The van der Waals surface area contributed by atoms with Gasteiger partial charge in [0.2, 0.25) is 0 Å². The molecule has 0 aromatic heterocycles. The Morgan fingerprint density at radius 3 is 2.74 bits per heavy atom. The second-order valence-corrected chi connectivity index (χ2v) is 5.67. The molecular formula is C17H15Cl2NO3. The van der Waals surface area contributed by atoms with Crippen LogP contribution >= 0.6 is 23.2 Å². The SMILES string of the molecule is CCOC(=O)c1cc(C)ccc1N=Cc1cc(Cl)cc(Cl)c1O. The third-order valence-corrected chi connectivity index (χ3v) is 3.55. The molecule has 0 aliphatic carbocycles. The van der Waals surface area contributed by atoms with Crippen LogP contribution in [0.5, 0.6) is 5.75 Å². The summed E-state index contributed by atoms with van der Waals surface area (Å²) in [6.45, 7) is 3.89. The van der Waals surface area contributed by atoms with Crippen molar-refractivity contribution < 1.29 is 14.6 Å². The zero-order valence-corrected chi connectivity index (χ0v) is 14.1. The van der Waals surface area contributed by atoms with Gasteiger partial charge in [-0.3, -0.25) is 4.99 Å². The molecule has 120 valence electrons. The summed E-state index contributed by atoms with van der Waals surface area (Å²) in [5.41, 5.74) is 2.07. The van der Waals surface area contributed by atoms with Gasteiger partial charge in [-0.2, -0.15) is 0 Å². The maximum Gasteiger partial charge on any atom is 0.340 e. The number of esters is 1. The van der Waals surface area contributed by atoms with E-state index in [0.29, 0.717) is 21.8 Å². The summed E-state index contributed by atoms with van der Waals surface area (Å²) in [5, 5.41) is 10.4. The van der Waals surface area contributed by atoms with E-state index in [1.54, 1.807) is 19.1 Å². The molecule has 0 saturated carbocycles. The average molecular weight is 352 g/mol. The number of halogens is 2. The molecule has 2 aromatic carbocycles. The van der Waals surface area contributed by atoms with Crippen molar-refractivity contribution in [3.8, 4) is 5.75 Å². The fourth-order valence-electron chi connectivity index (χ4n) is 1.96. The van der Waals surface area contributed by atoms with Crippen LogP contribution in [0, 0.1) is 6.92 Å². The Bertz CT molecular complexity index is 773. The summed E-state index contributed by atoms with van der Waals surface area (Å²) in [7, 11) is 0. The number of nitrogens with zero attached hydrogens (tertiary/aromatic N) is 1. The number of aromatic hydroxyl groups is 1. The molecule has 0 atom stereocenters. The third-order valence-electron chi connectivity index (χ3n) is 3.05. The van der Waals surface area contributed by atoms with E-state index in [2.05, 4.69) is 4.99 Å². The van der Waals surface area contributed by atoms with Crippen molar-refractivity contribution in [2.24, 2.45) is 4.99 Å².